The average molecular weight is 447 g/mol. The lowest BCUT2D eigenvalue weighted by Gasteiger charge is -2.08. The Balaban J connectivity index is 1.96. The van der Waals surface area contributed by atoms with Crippen LogP contribution in [-0.2, 0) is 12.4 Å². The lowest BCUT2D eigenvalue weighted by molar-refractivity contribution is -0.138. The predicted octanol–water partition coefficient (Wildman–Crippen LogP) is 4.28. The number of halogens is 6. The maximum atomic E-state index is 13.1. The van der Waals surface area contributed by atoms with Crippen molar-refractivity contribution in [2.45, 2.75) is 24.3 Å². The Kier molecular flexibility index (Phi) is 4.60. The molecule has 6 nitrogen and oxygen atoms in total. The molecular weight excluding hydrogens is 436 g/mol. The van der Waals surface area contributed by atoms with Crippen LogP contribution in [-0.4, -0.2) is 29.3 Å². The van der Waals surface area contributed by atoms with Gasteiger partial charge in [-0.05, 0) is 30.0 Å². The van der Waals surface area contributed by atoms with Crippen molar-refractivity contribution < 1.29 is 26.3 Å². The summed E-state index contributed by atoms with van der Waals surface area (Å²) < 4.78 is 80.9. The van der Waals surface area contributed by atoms with E-state index in [0.717, 1.165) is 46.9 Å². The number of aromatic nitrogens is 5. The molecule has 13 heteroatoms. The van der Waals surface area contributed by atoms with Crippen molar-refractivity contribution in [2.75, 3.05) is 5.75 Å². The molecule has 0 saturated heterocycles. The van der Waals surface area contributed by atoms with Crippen LogP contribution in [0.3, 0.4) is 0 Å². The summed E-state index contributed by atoms with van der Waals surface area (Å²) >= 11 is 1.12. The van der Waals surface area contributed by atoms with Crippen molar-refractivity contribution in [3.8, 4) is 5.82 Å². The Labute approximate surface area is 167 Å². The molecule has 0 N–H and O–H groups in total. The number of fused-ring (bicyclic) bond motifs is 2. The van der Waals surface area contributed by atoms with Gasteiger partial charge in [0.25, 0.3) is 0 Å². The van der Waals surface area contributed by atoms with Crippen LogP contribution in [0.1, 0.15) is 18.1 Å². The molecule has 0 aliphatic heterocycles. The standard InChI is InChI=1S/C17H11F6N5OS/c1-2-30-14-13(24-11-5-3-9(7-26(11)14)16(18,19)20)28-15(29)27-8-10(17(21,22)23)4-6-12(27)25-28/h3-8H,2H2,1H3. The molecule has 4 aromatic heterocycles. The molecule has 0 unspecified atom stereocenters. The number of pyridine rings is 2. The molecule has 0 aromatic carbocycles. The highest BCUT2D eigenvalue weighted by Gasteiger charge is 2.33. The molecule has 0 radical (unpaired) electrons. The van der Waals surface area contributed by atoms with Gasteiger partial charge in [-0.2, -0.15) is 31.0 Å². The van der Waals surface area contributed by atoms with Gasteiger partial charge < -0.3 is 0 Å². The number of hydrogen-bond acceptors (Lipinski definition) is 4. The van der Waals surface area contributed by atoms with Crippen molar-refractivity contribution in [3.05, 3.63) is 58.3 Å². The summed E-state index contributed by atoms with van der Waals surface area (Å²) in [6.07, 6.45) is -7.77. The third kappa shape index (κ3) is 3.32. The highest BCUT2D eigenvalue weighted by molar-refractivity contribution is 7.99. The molecule has 0 aliphatic rings. The van der Waals surface area contributed by atoms with E-state index in [-0.39, 0.29) is 22.1 Å². The van der Waals surface area contributed by atoms with Crippen molar-refractivity contribution >= 4 is 23.1 Å². The zero-order valence-electron chi connectivity index (χ0n) is 15.0. The third-order valence-electron chi connectivity index (χ3n) is 4.21. The van der Waals surface area contributed by atoms with Crippen LogP contribution in [0.15, 0.2) is 46.5 Å². The minimum absolute atomic E-state index is 0.0616. The first-order chi connectivity index (χ1) is 14.0. The van der Waals surface area contributed by atoms with Crippen molar-refractivity contribution in [2.24, 2.45) is 0 Å². The number of imidazole rings is 1. The quantitative estimate of drug-likeness (QED) is 0.348. The van der Waals surface area contributed by atoms with Crippen LogP contribution in [0.2, 0.25) is 0 Å². The van der Waals surface area contributed by atoms with E-state index >= 15 is 0 Å². The summed E-state index contributed by atoms with van der Waals surface area (Å²) in [5, 5.41) is 4.21. The molecule has 30 heavy (non-hydrogen) atoms. The topological polar surface area (TPSA) is 56.6 Å². The fraction of sp³-hybridized carbons (Fsp3) is 0.235. The fourth-order valence-corrected chi connectivity index (χ4v) is 3.69. The van der Waals surface area contributed by atoms with Gasteiger partial charge in [0.1, 0.15) is 10.7 Å². The highest BCUT2D eigenvalue weighted by Crippen LogP contribution is 2.33. The molecule has 0 saturated carbocycles. The predicted molar refractivity (Wildman–Crippen MR) is 95.9 cm³/mol. The van der Waals surface area contributed by atoms with Gasteiger partial charge in [-0.3, -0.25) is 4.40 Å². The average Bonchev–Trinajstić information content (AvgIpc) is 3.18. The summed E-state index contributed by atoms with van der Waals surface area (Å²) in [4.78, 5) is 16.9. The summed E-state index contributed by atoms with van der Waals surface area (Å²) in [5.41, 5.74) is -2.80. The molecule has 0 atom stereocenters. The minimum Gasteiger partial charge on any atom is -0.292 e. The number of hydrogen-bond donors (Lipinski definition) is 0. The van der Waals surface area contributed by atoms with Gasteiger partial charge in [0.2, 0.25) is 0 Å². The summed E-state index contributed by atoms with van der Waals surface area (Å²) in [6, 6.07) is 3.82. The van der Waals surface area contributed by atoms with Crippen LogP contribution >= 0.6 is 11.8 Å². The zero-order valence-corrected chi connectivity index (χ0v) is 15.8. The van der Waals surface area contributed by atoms with Gasteiger partial charge in [-0.25, -0.2) is 14.2 Å². The molecule has 0 bridgehead atoms. The van der Waals surface area contributed by atoms with Crippen molar-refractivity contribution in [3.63, 3.8) is 0 Å². The maximum Gasteiger partial charge on any atom is 0.417 e. The first-order valence-electron chi connectivity index (χ1n) is 8.42. The number of thioether (sulfide) groups is 1. The van der Waals surface area contributed by atoms with Crippen LogP contribution in [0, 0.1) is 0 Å². The third-order valence-corrected chi connectivity index (χ3v) is 5.15. The second-order valence-corrected chi connectivity index (χ2v) is 7.41. The number of nitrogens with zero attached hydrogens (tertiary/aromatic N) is 5. The monoisotopic (exact) mass is 447 g/mol. The minimum atomic E-state index is -4.66. The van der Waals surface area contributed by atoms with Gasteiger partial charge in [-0.15, -0.1) is 16.9 Å². The Morgan fingerprint density at radius 3 is 2.03 bits per heavy atom. The van der Waals surface area contributed by atoms with E-state index in [1.165, 1.54) is 4.40 Å². The van der Waals surface area contributed by atoms with Gasteiger partial charge in [0, 0.05) is 12.4 Å². The zero-order chi connectivity index (χ0) is 21.8. The summed E-state index contributed by atoms with van der Waals surface area (Å²) in [5.74, 6) is 0.376. The van der Waals surface area contributed by atoms with E-state index in [2.05, 4.69) is 10.1 Å². The molecule has 0 spiro atoms. The largest absolute Gasteiger partial charge is 0.417 e. The molecule has 4 aromatic rings. The summed E-state index contributed by atoms with van der Waals surface area (Å²) in [7, 11) is 0. The smallest absolute Gasteiger partial charge is 0.292 e. The first-order valence-corrected chi connectivity index (χ1v) is 9.40. The van der Waals surface area contributed by atoms with Crippen LogP contribution < -0.4 is 5.69 Å². The van der Waals surface area contributed by atoms with Crippen LogP contribution in [0.5, 0.6) is 0 Å². The molecule has 4 rings (SSSR count). The van der Waals surface area contributed by atoms with Gasteiger partial charge in [-0.1, -0.05) is 6.92 Å². The molecule has 0 aliphatic carbocycles. The lowest BCUT2D eigenvalue weighted by atomic mass is 10.3. The number of alkyl halides is 6. The van der Waals surface area contributed by atoms with E-state index in [1.807, 2.05) is 0 Å². The Bertz CT molecular complexity index is 1320. The fourth-order valence-electron chi connectivity index (χ4n) is 2.87. The van der Waals surface area contributed by atoms with E-state index < -0.39 is 29.2 Å². The normalized spacial score (nSPS) is 12.9. The maximum absolute atomic E-state index is 13.1. The Morgan fingerprint density at radius 2 is 1.47 bits per heavy atom. The van der Waals surface area contributed by atoms with E-state index in [0.29, 0.717) is 16.4 Å². The van der Waals surface area contributed by atoms with Crippen molar-refractivity contribution in [1.29, 1.82) is 0 Å². The van der Waals surface area contributed by atoms with E-state index in [1.54, 1.807) is 6.92 Å². The van der Waals surface area contributed by atoms with Gasteiger partial charge >= 0.3 is 18.0 Å². The lowest BCUT2D eigenvalue weighted by Crippen LogP contribution is -2.21. The van der Waals surface area contributed by atoms with E-state index in [4.69, 9.17) is 0 Å². The SMILES string of the molecule is CCSc1c(-n2nc3ccc(C(F)(F)F)cn3c2=O)nc2ccc(C(F)(F)F)cn12. The Hall–Kier alpha value is -2.96. The van der Waals surface area contributed by atoms with Crippen LogP contribution in [0.4, 0.5) is 26.3 Å². The first kappa shape index (κ1) is 20.3. The van der Waals surface area contributed by atoms with Gasteiger partial charge in [0.05, 0.1) is 11.1 Å². The van der Waals surface area contributed by atoms with Crippen molar-refractivity contribution in [1.82, 2.24) is 23.6 Å². The van der Waals surface area contributed by atoms with Gasteiger partial charge in [0.15, 0.2) is 11.5 Å². The second-order valence-electron chi connectivity index (χ2n) is 6.16. The number of rotatable bonds is 3. The second kappa shape index (κ2) is 6.79. The molecule has 158 valence electrons. The molecule has 0 fully saturated rings. The molecular formula is C17H11F6N5OS. The molecule has 4 heterocycles. The summed E-state index contributed by atoms with van der Waals surface area (Å²) in [6.45, 7) is 1.75. The van der Waals surface area contributed by atoms with E-state index in [9.17, 15) is 31.1 Å². The van der Waals surface area contributed by atoms with Crippen LogP contribution in [0.25, 0.3) is 17.1 Å². The molecule has 0 amide bonds. The Morgan fingerprint density at radius 1 is 0.900 bits per heavy atom. The highest BCUT2D eigenvalue weighted by atomic mass is 32.2.